The second-order valence-corrected chi connectivity index (χ2v) is 6.13. The highest BCUT2D eigenvalue weighted by molar-refractivity contribution is 7.16. The van der Waals surface area contributed by atoms with Crippen molar-refractivity contribution in [2.24, 2.45) is 5.84 Å². The Labute approximate surface area is 122 Å². The Balaban J connectivity index is 1.97. The van der Waals surface area contributed by atoms with Gasteiger partial charge in [0.1, 0.15) is 5.75 Å². The molecule has 0 saturated carbocycles. The fourth-order valence-corrected chi connectivity index (χ4v) is 3.11. The summed E-state index contributed by atoms with van der Waals surface area (Å²) in [4.78, 5) is 1.24. The number of hydrogen-bond acceptors (Lipinski definition) is 4. The van der Waals surface area contributed by atoms with Crippen molar-refractivity contribution in [3.8, 4) is 5.75 Å². The number of methoxy groups -OCH3 is 1. The highest BCUT2D eigenvalue weighted by Crippen LogP contribution is 2.23. The van der Waals surface area contributed by atoms with Gasteiger partial charge in [0.15, 0.2) is 0 Å². The normalized spacial score (nSPS) is 12.4. The summed E-state index contributed by atoms with van der Waals surface area (Å²) in [5, 5.41) is 0. The Hall–Kier alpha value is -1.07. The van der Waals surface area contributed by atoms with E-state index in [-0.39, 0.29) is 6.04 Å². The molecule has 5 heteroatoms. The van der Waals surface area contributed by atoms with Crippen LogP contribution in [0.5, 0.6) is 5.75 Å². The van der Waals surface area contributed by atoms with Crippen LogP contribution in [0.2, 0.25) is 4.34 Å². The van der Waals surface area contributed by atoms with Crippen LogP contribution in [-0.2, 0) is 12.8 Å². The predicted molar refractivity (Wildman–Crippen MR) is 80.8 cm³/mol. The lowest BCUT2D eigenvalue weighted by molar-refractivity contribution is 0.414. The fraction of sp³-hybridized carbons (Fsp3) is 0.286. The minimum absolute atomic E-state index is 0.197. The summed E-state index contributed by atoms with van der Waals surface area (Å²) in [6.07, 6.45) is 1.75. The molecule has 0 aliphatic rings. The zero-order valence-electron chi connectivity index (χ0n) is 10.7. The highest BCUT2D eigenvalue weighted by Gasteiger charge is 2.10. The summed E-state index contributed by atoms with van der Waals surface area (Å²) in [6.45, 7) is 0. The molecule has 3 N–H and O–H groups in total. The lowest BCUT2D eigenvalue weighted by Crippen LogP contribution is -2.38. The molecule has 0 aliphatic carbocycles. The first-order valence-corrected chi connectivity index (χ1v) is 7.24. The molecule has 102 valence electrons. The first-order chi connectivity index (χ1) is 9.21. The lowest BCUT2D eigenvalue weighted by Gasteiger charge is -2.15. The third-order valence-corrected chi connectivity index (χ3v) is 4.21. The number of nitrogens with two attached hydrogens (primary N) is 1. The summed E-state index contributed by atoms with van der Waals surface area (Å²) < 4.78 is 5.96. The number of halogens is 1. The van der Waals surface area contributed by atoms with Crippen LogP contribution < -0.4 is 16.0 Å². The van der Waals surface area contributed by atoms with E-state index in [0.717, 1.165) is 22.9 Å². The maximum absolute atomic E-state index is 5.93. The predicted octanol–water partition coefficient (Wildman–Crippen LogP) is 3.03. The molecule has 2 rings (SSSR count). The molecule has 0 saturated heterocycles. The van der Waals surface area contributed by atoms with E-state index in [0.29, 0.717) is 0 Å². The third-order valence-electron chi connectivity index (χ3n) is 2.95. The molecule has 0 spiro atoms. The van der Waals surface area contributed by atoms with Crippen molar-refractivity contribution < 1.29 is 4.74 Å². The number of hydrogen-bond donors (Lipinski definition) is 2. The maximum atomic E-state index is 5.93. The quantitative estimate of drug-likeness (QED) is 0.636. The van der Waals surface area contributed by atoms with Crippen LogP contribution in [0.15, 0.2) is 36.4 Å². The van der Waals surface area contributed by atoms with E-state index in [2.05, 4.69) is 17.6 Å². The van der Waals surface area contributed by atoms with Crippen LogP contribution in [0.1, 0.15) is 10.4 Å². The van der Waals surface area contributed by atoms with Gasteiger partial charge in [0.25, 0.3) is 0 Å². The van der Waals surface area contributed by atoms with Crippen molar-refractivity contribution in [3.63, 3.8) is 0 Å². The van der Waals surface area contributed by atoms with E-state index < -0.39 is 0 Å². The molecule has 0 fully saturated rings. The number of ether oxygens (including phenoxy) is 1. The van der Waals surface area contributed by atoms with Crippen molar-refractivity contribution in [2.75, 3.05) is 7.11 Å². The maximum Gasteiger partial charge on any atom is 0.118 e. The average Bonchev–Trinajstić information content (AvgIpc) is 2.84. The molecule has 2 aromatic rings. The van der Waals surface area contributed by atoms with E-state index in [4.69, 9.17) is 22.2 Å². The van der Waals surface area contributed by atoms with Crippen LogP contribution in [-0.4, -0.2) is 13.2 Å². The van der Waals surface area contributed by atoms with E-state index in [9.17, 15) is 0 Å². The molecule has 1 unspecified atom stereocenters. The van der Waals surface area contributed by atoms with E-state index in [1.165, 1.54) is 10.4 Å². The molecular weight excluding hydrogens is 280 g/mol. The summed E-state index contributed by atoms with van der Waals surface area (Å²) in [5.41, 5.74) is 4.10. The summed E-state index contributed by atoms with van der Waals surface area (Å²) in [6, 6.07) is 12.2. The third kappa shape index (κ3) is 4.21. The van der Waals surface area contributed by atoms with Gasteiger partial charge in [0, 0.05) is 10.9 Å². The van der Waals surface area contributed by atoms with Gasteiger partial charge in [-0.15, -0.1) is 11.3 Å². The van der Waals surface area contributed by atoms with Crippen molar-refractivity contribution in [3.05, 3.63) is 51.2 Å². The lowest BCUT2D eigenvalue weighted by atomic mass is 10.0. The molecule has 0 amide bonds. The van der Waals surface area contributed by atoms with Gasteiger partial charge in [-0.25, -0.2) is 0 Å². The van der Waals surface area contributed by atoms with Crippen LogP contribution in [0.4, 0.5) is 0 Å². The first-order valence-electron chi connectivity index (χ1n) is 6.04. The SMILES string of the molecule is COc1ccc(CC(Cc2ccc(Cl)s2)NN)cc1. The summed E-state index contributed by atoms with van der Waals surface area (Å²) in [7, 11) is 1.67. The van der Waals surface area contributed by atoms with Gasteiger partial charge in [-0.1, -0.05) is 23.7 Å². The van der Waals surface area contributed by atoms with Crippen molar-refractivity contribution in [1.82, 2.24) is 5.43 Å². The molecule has 1 aromatic heterocycles. The van der Waals surface area contributed by atoms with Gasteiger partial charge in [0.05, 0.1) is 11.4 Å². The van der Waals surface area contributed by atoms with E-state index >= 15 is 0 Å². The van der Waals surface area contributed by atoms with Crippen LogP contribution in [0, 0.1) is 0 Å². The second kappa shape index (κ2) is 6.91. The van der Waals surface area contributed by atoms with E-state index in [1.54, 1.807) is 18.4 Å². The van der Waals surface area contributed by atoms with Gasteiger partial charge < -0.3 is 4.74 Å². The number of hydrazine groups is 1. The van der Waals surface area contributed by atoms with Crippen LogP contribution >= 0.6 is 22.9 Å². The molecule has 19 heavy (non-hydrogen) atoms. The second-order valence-electron chi connectivity index (χ2n) is 4.33. The zero-order valence-corrected chi connectivity index (χ0v) is 12.3. The first kappa shape index (κ1) is 14.3. The van der Waals surface area contributed by atoms with Gasteiger partial charge in [0.2, 0.25) is 0 Å². The van der Waals surface area contributed by atoms with Gasteiger partial charge in [-0.2, -0.15) is 0 Å². The van der Waals surface area contributed by atoms with Crippen LogP contribution in [0.25, 0.3) is 0 Å². The van der Waals surface area contributed by atoms with Gasteiger partial charge in [-0.3, -0.25) is 11.3 Å². The number of thiophene rings is 1. The molecule has 0 radical (unpaired) electrons. The van der Waals surface area contributed by atoms with Crippen LogP contribution in [0.3, 0.4) is 0 Å². The standard InChI is InChI=1S/C14H17ClN2OS/c1-18-12-4-2-10(3-5-12)8-11(17-16)9-13-6-7-14(15)19-13/h2-7,11,17H,8-9,16H2,1H3. The number of rotatable bonds is 6. The summed E-state index contributed by atoms with van der Waals surface area (Å²) in [5.74, 6) is 6.49. The molecule has 1 aromatic carbocycles. The Kier molecular flexibility index (Phi) is 5.22. The number of nitrogens with one attached hydrogen (secondary N) is 1. The molecule has 1 atom stereocenters. The highest BCUT2D eigenvalue weighted by atomic mass is 35.5. The largest absolute Gasteiger partial charge is 0.497 e. The summed E-state index contributed by atoms with van der Waals surface area (Å²) >= 11 is 7.53. The molecule has 0 aliphatic heterocycles. The Morgan fingerprint density at radius 2 is 1.95 bits per heavy atom. The monoisotopic (exact) mass is 296 g/mol. The molecule has 3 nitrogen and oxygen atoms in total. The Bertz CT molecular complexity index is 512. The van der Waals surface area contributed by atoms with Gasteiger partial charge >= 0.3 is 0 Å². The molecule has 1 heterocycles. The Morgan fingerprint density at radius 3 is 2.47 bits per heavy atom. The van der Waals surface area contributed by atoms with Crippen molar-refractivity contribution >= 4 is 22.9 Å². The minimum Gasteiger partial charge on any atom is -0.497 e. The van der Waals surface area contributed by atoms with Crippen molar-refractivity contribution in [1.29, 1.82) is 0 Å². The van der Waals surface area contributed by atoms with E-state index in [1.807, 2.05) is 24.3 Å². The Morgan fingerprint density at radius 1 is 1.21 bits per heavy atom. The molecular formula is C14H17ClN2OS. The number of benzene rings is 1. The minimum atomic E-state index is 0.197. The topological polar surface area (TPSA) is 47.3 Å². The molecule has 0 bridgehead atoms. The van der Waals surface area contributed by atoms with Crippen molar-refractivity contribution in [2.45, 2.75) is 18.9 Å². The average molecular weight is 297 g/mol. The smallest absolute Gasteiger partial charge is 0.118 e. The fourth-order valence-electron chi connectivity index (χ4n) is 1.94. The van der Waals surface area contributed by atoms with Gasteiger partial charge in [-0.05, 0) is 42.7 Å². The zero-order chi connectivity index (χ0) is 13.7.